The normalized spacial score (nSPS) is 23.8. The Morgan fingerprint density at radius 2 is 1.79 bits per heavy atom. The van der Waals surface area contributed by atoms with Crippen LogP contribution < -0.4 is 5.32 Å². The highest BCUT2D eigenvalue weighted by molar-refractivity contribution is 5.98. The first kappa shape index (κ1) is 23.9. The molecule has 4 rings (SSSR count). The lowest BCUT2D eigenvalue weighted by Crippen LogP contribution is -2.48. The second-order valence-corrected chi connectivity index (χ2v) is 10.6. The van der Waals surface area contributed by atoms with E-state index < -0.39 is 11.7 Å². The number of Topliss-reactive ketones (excluding diaryl/α,β-unsaturated/α-hetero) is 1. The Balaban J connectivity index is 1.46. The number of ketones is 1. The van der Waals surface area contributed by atoms with Gasteiger partial charge in [-0.2, -0.15) is 0 Å². The molecule has 180 valence electrons. The van der Waals surface area contributed by atoms with Crippen LogP contribution in [0.1, 0.15) is 93.5 Å². The highest BCUT2D eigenvalue weighted by atomic mass is 19.1. The van der Waals surface area contributed by atoms with Crippen LogP contribution in [0.5, 0.6) is 0 Å². The SMILES string of the molecule is CC(C)C(=O)C(NC(=O)c1cccc(C2CCCN(C(=O)C3(F)CC3)C2)c1)C1CCCCC1. The van der Waals surface area contributed by atoms with Gasteiger partial charge in [-0.25, -0.2) is 4.39 Å². The summed E-state index contributed by atoms with van der Waals surface area (Å²) >= 11 is 0. The number of likely N-dealkylation sites (tertiary alicyclic amines) is 1. The number of alkyl halides is 1. The van der Waals surface area contributed by atoms with Gasteiger partial charge in [-0.3, -0.25) is 14.4 Å². The standard InChI is InChI=1S/C27H37FN2O3/c1-18(2)24(31)23(19-8-4-3-5-9-19)29-25(32)21-11-6-10-20(16-21)22-12-7-15-30(17-22)26(33)27(28)13-14-27/h6,10-11,16,18-19,22-23H,3-5,7-9,12-15,17H2,1-2H3,(H,29,32). The summed E-state index contributed by atoms with van der Waals surface area (Å²) in [6, 6.07) is 7.07. The van der Waals surface area contributed by atoms with Crippen LogP contribution in [0.25, 0.3) is 0 Å². The molecule has 1 saturated heterocycles. The second-order valence-electron chi connectivity index (χ2n) is 10.6. The van der Waals surface area contributed by atoms with Gasteiger partial charge >= 0.3 is 0 Å². The summed E-state index contributed by atoms with van der Waals surface area (Å²) in [6.07, 6.45) is 7.76. The molecular formula is C27H37FN2O3. The Kier molecular flexibility index (Phi) is 7.20. The van der Waals surface area contributed by atoms with Crippen LogP contribution in [0, 0.1) is 11.8 Å². The van der Waals surface area contributed by atoms with Crippen molar-refractivity contribution in [1.82, 2.24) is 10.2 Å². The van der Waals surface area contributed by atoms with Crippen molar-refractivity contribution >= 4 is 17.6 Å². The fourth-order valence-electron chi connectivity index (χ4n) is 5.45. The van der Waals surface area contributed by atoms with E-state index in [9.17, 15) is 18.8 Å². The van der Waals surface area contributed by atoms with Crippen LogP contribution in [-0.2, 0) is 9.59 Å². The van der Waals surface area contributed by atoms with E-state index in [1.165, 1.54) is 6.42 Å². The number of halogens is 1. The van der Waals surface area contributed by atoms with Crippen LogP contribution >= 0.6 is 0 Å². The van der Waals surface area contributed by atoms with Gasteiger partial charge in [0.05, 0.1) is 6.04 Å². The lowest BCUT2D eigenvalue weighted by Gasteiger charge is -2.34. The third-order valence-corrected chi connectivity index (χ3v) is 7.68. The van der Waals surface area contributed by atoms with Crippen LogP contribution in [0.3, 0.4) is 0 Å². The number of nitrogens with one attached hydrogen (secondary N) is 1. The second kappa shape index (κ2) is 9.94. The molecule has 0 spiro atoms. The van der Waals surface area contributed by atoms with Crippen molar-refractivity contribution in [2.24, 2.45) is 11.8 Å². The third kappa shape index (κ3) is 5.47. The lowest BCUT2D eigenvalue weighted by molar-refractivity contribution is -0.139. The highest BCUT2D eigenvalue weighted by Gasteiger charge is 2.53. The Labute approximate surface area is 196 Å². The number of carbonyl (C=O) groups is 3. The zero-order chi connectivity index (χ0) is 23.6. The van der Waals surface area contributed by atoms with Gasteiger partial charge in [0.25, 0.3) is 11.8 Å². The largest absolute Gasteiger partial charge is 0.342 e. The van der Waals surface area contributed by atoms with Crippen molar-refractivity contribution in [3.8, 4) is 0 Å². The molecule has 5 nitrogen and oxygen atoms in total. The van der Waals surface area contributed by atoms with Crippen LogP contribution in [0.2, 0.25) is 0 Å². The van der Waals surface area contributed by atoms with Crippen molar-refractivity contribution in [2.45, 2.75) is 89.3 Å². The van der Waals surface area contributed by atoms with Crippen molar-refractivity contribution in [3.63, 3.8) is 0 Å². The highest BCUT2D eigenvalue weighted by Crippen LogP contribution is 2.42. The fourth-order valence-corrected chi connectivity index (χ4v) is 5.45. The summed E-state index contributed by atoms with van der Waals surface area (Å²) in [6.45, 7) is 4.88. The van der Waals surface area contributed by atoms with Gasteiger partial charge in [-0.15, -0.1) is 0 Å². The van der Waals surface area contributed by atoms with Gasteiger partial charge in [0.2, 0.25) is 0 Å². The predicted molar refractivity (Wildman–Crippen MR) is 126 cm³/mol. The molecule has 1 N–H and O–H groups in total. The Bertz CT molecular complexity index is 889. The molecule has 2 amide bonds. The van der Waals surface area contributed by atoms with Gasteiger partial charge < -0.3 is 10.2 Å². The minimum atomic E-state index is -1.64. The summed E-state index contributed by atoms with van der Waals surface area (Å²) in [5.74, 6) is -0.319. The zero-order valence-corrected chi connectivity index (χ0v) is 19.9. The number of hydrogen-bond donors (Lipinski definition) is 1. The van der Waals surface area contributed by atoms with E-state index >= 15 is 0 Å². The summed E-state index contributed by atoms with van der Waals surface area (Å²) in [4.78, 5) is 40.3. The van der Waals surface area contributed by atoms with Gasteiger partial charge in [-0.1, -0.05) is 45.2 Å². The molecule has 1 aromatic carbocycles. The van der Waals surface area contributed by atoms with Crippen molar-refractivity contribution < 1.29 is 18.8 Å². The number of hydrogen-bond acceptors (Lipinski definition) is 3. The lowest BCUT2D eigenvalue weighted by atomic mass is 9.80. The maximum absolute atomic E-state index is 14.3. The number of piperidine rings is 1. The molecule has 2 atom stereocenters. The number of rotatable bonds is 7. The van der Waals surface area contributed by atoms with Crippen molar-refractivity contribution in [3.05, 3.63) is 35.4 Å². The molecule has 2 unspecified atom stereocenters. The van der Waals surface area contributed by atoms with E-state index in [1.54, 1.807) is 11.0 Å². The van der Waals surface area contributed by atoms with Crippen LogP contribution in [-0.4, -0.2) is 47.3 Å². The first-order valence-corrected chi connectivity index (χ1v) is 12.7. The molecule has 2 saturated carbocycles. The first-order chi connectivity index (χ1) is 15.8. The zero-order valence-electron chi connectivity index (χ0n) is 19.9. The molecule has 1 aromatic rings. The smallest absolute Gasteiger partial charge is 0.260 e. The summed E-state index contributed by atoms with van der Waals surface area (Å²) < 4.78 is 14.3. The number of benzene rings is 1. The Hall–Kier alpha value is -2.24. The van der Waals surface area contributed by atoms with Crippen LogP contribution in [0.4, 0.5) is 4.39 Å². The third-order valence-electron chi connectivity index (χ3n) is 7.68. The average Bonchev–Trinajstić information content (AvgIpc) is 3.60. The Morgan fingerprint density at radius 1 is 1.06 bits per heavy atom. The molecule has 0 bridgehead atoms. The molecule has 2 aliphatic carbocycles. The van der Waals surface area contributed by atoms with E-state index in [0.29, 0.717) is 31.5 Å². The number of nitrogens with zero attached hydrogens (tertiary/aromatic N) is 1. The molecule has 6 heteroatoms. The van der Waals surface area contributed by atoms with Gasteiger partial charge in [0.15, 0.2) is 11.5 Å². The quantitative estimate of drug-likeness (QED) is 0.641. The first-order valence-electron chi connectivity index (χ1n) is 12.7. The molecule has 1 aliphatic heterocycles. The minimum absolute atomic E-state index is 0.0873. The number of amides is 2. The van der Waals surface area contributed by atoms with E-state index in [4.69, 9.17) is 0 Å². The molecule has 0 radical (unpaired) electrons. The van der Waals surface area contributed by atoms with E-state index in [1.807, 2.05) is 32.0 Å². The molecule has 3 fully saturated rings. The topological polar surface area (TPSA) is 66.5 Å². The monoisotopic (exact) mass is 456 g/mol. The molecule has 3 aliphatic rings. The van der Waals surface area contributed by atoms with Gasteiger partial charge in [0.1, 0.15) is 0 Å². The summed E-state index contributed by atoms with van der Waals surface area (Å²) in [7, 11) is 0. The van der Waals surface area contributed by atoms with E-state index in [-0.39, 0.29) is 35.4 Å². The summed E-state index contributed by atoms with van der Waals surface area (Å²) in [5.41, 5.74) is -0.105. The summed E-state index contributed by atoms with van der Waals surface area (Å²) in [5, 5.41) is 3.07. The number of carbonyl (C=O) groups excluding carboxylic acids is 3. The fraction of sp³-hybridized carbons (Fsp3) is 0.667. The average molecular weight is 457 g/mol. The van der Waals surface area contributed by atoms with E-state index in [0.717, 1.165) is 44.1 Å². The van der Waals surface area contributed by atoms with E-state index in [2.05, 4.69) is 5.32 Å². The molecular weight excluding hydrogens is 419 g/mol. The molecule has 33 heavy (non-hydrogen) atoms. The minimum Gasteiger partial charge on any atom is -0.342 e. The van der Waals surface area contributed by atoms with Crippen molar-refractivity contribution in [1.29, 1.82) is 0 Å². The Morgan fingerprint density at radius 3 is 2.45 bits per heavy atom. The molecule has 1 heterocycles. The maximum atomic E-state index is 14.3. The predicted octanol–water partition coefficient (Wildman–Crippen LogP) is 4.80. The maximum Gasteiger partial charge on any atom is 0.260 e. The van der Waals surface area contributed by atoms with Crippen LogP contribution in [0.15, 0.2) is 24.3 Å². The molecule has 0 aromatic heterocycles. The van der Waals surface area contributed by atoms with Crippen molar-refractivity contribution in [2.75, 3.05) is 13.1 Å². The van der Waals surface area contributed by atoms with Gasteiger partial charge in [-0.05, 0) is 62.1 Å². The van der Waals surface area contributed by atoms with Gasteiger partial charge in [0, 0.05) is 30.5 Å².